The summed E-state index contributed by atoms with van der Waals surface area (Å²) in [6.07, 6.45) is 4.25. The second-order valence-electron chi connectivity index (χ2n) is 20.3. The number of ether oxygens (including phenoxy) is 1. The molecule has 1 aliphatic rings. The molecule has 3 heterocycles. The molecule has 7 aromatic carbocycles. The van der Waals surface area contributed by atoms with E-state index in [1.165, 1.54) is 39.1 Å². The fraction of sp³-hybridized carbons (Fsp3) is 0.197. The zero-order valence-electron chi connectivity index (χ0n) is 39.4. The van der Waals surface area contributed by atoms with Crippen molar-refractivity contribution in [3.63, 3.8) is 0 Å². The van der Waals surface area contributed by atoms with Gasteiger partial charge in [-0.2, -0.15) is 0 Å². The van der Waals surface area contributed by atoms with Crippen molar-refractivity contribution < 1.29 is 4.74 Å². The molecule has 0 radical (unpaired) electrons. The Kier molecular flexibility index (Phi) is 10.7. The number of anilines is 2. The topological polar surface area (TPSA) is 33.5 Å². The van der Waals surface area contributed by atoms with Crippen LogP contribution in [-0.2, 0) is 16.2 Å². The molecule has 2 aromatic heterocycles. The second kappa shape index (κ2) is 16.6. The normalized spacial score (nSPS) is 13.4. The molecule has 9 aromatic rings. The number of hydrogen-bond acceptors (Lipinski definition) is 4. The molecule has 328 valence electrons. The first kappa shape index (κ1) is 42.6. The van der Waals surface area contributed by atoms with E-state index in [9.17, 15) is 0 Å². The van der Waals surface area contributed by atoms with Gasteiger partial charge in [-0.05, 0) is 110 Å². The summed E-state index contributed by atoms with van der Waals surface area (Å²) in [5.74, 6) is 2.38. The van der Waals surface area contributed by atoms with Crippen molar-refractivity contribution >= 4 is 38.9 Å². The average molecular weight is 863 g/mol. The van der Waals surface area contributed by atoms with Crippen LogP contribution in [-0.4, -0.2) is 16.2 Å². The van der Waals surface area contributed by atoms with Gasteiger partial charge < -0.3 is 14.5 Å². The van der Waals surface area contributed by atoms with Crippen molar-refractivity contribution in [2.75, 3.05) is 16.5 Å². The molecule has 5 heteroatoms. The van der Waals surface area contributed by atoms with Gasteiger partial charge >= 0.3 is 0 Å². The summed E-state index contributed by atoms with van der Waals surface area (Å²) in [7, 11) is 0. The molecule has 1 aliphatic heterocycles. The second-order valence-corrected chi connectivity index (χ2v) is 20.3. The molecule has 0 aliphatic carbocycles. The minimum Gasteiger partial charge on any atom is -0.457 e. The highest BCUT2D eigenvalue weighted by Crippen LogP contribution is 2.42. The summed E-state index contributed by atoms with van der Waals surface area (Å²) in [5, 5.41) is 2.30. The van der Waals surface area contributed by atoms with Gasteiger partial charge in [0.05, 0.1) is 23.4 Å². The predicted molar refractivity (Wildman–Crippen MR) is 277 cm³/mol. The Morgan fingerprint density at radius 2 is 1.11 bits per heavy atom. The van der Waals surface area contributed by atoms with Crippen LogP contribution in [0.1, 0.15) is 83.2 Å². The van der Waals surface area contributed by atoms with Crippen molar-refractivity contribution in [3.05, 3.63) is 222 Å². The largest absolute Gasteiger partial charge is 0.457 e. The van der Waals surface area contributed by atoms with Crippen molar-refractivity contribution in [3.8, 4) is 28.4 Å². The van der Waals surface area contributed by atoms with Crippen LogP contribution in [0.15, 0.2) is 194 Å². The lowest BCUT2D eigenvalue weighted by atomic mass is 9.78. The molecule has 0 spiro atoms. The molecule has 0 N–H and O–H groups in total. The van der Waals surface area contributed by atoms with E-state index in [0.29, 0.717) is 6.67 Å². The van der Waals surface area contributed by atoms with Gasteiger partial charge in [-0.1, -0.05) is 165 Å². The first-order valence-corrected chi connectivity index (χ1v) is 23.1. The minimum atomic E-state index is -0.231. The summed E-state index contributed by atoms with van der Waals surface area (Å²) in [6.45, 7) is 19.0. The van der Waals surface area contributed by atoms with E-state index in [1.54, 1.807) is 0 Å². The number of aromatic nitrogens is 2. The van der Waals surface area contributed by atoms with Crippen LogP contribution < -0.4 is 14.5 Å². The molecule has 0 atom stereocenters. The Balaban J connectivity index is 1.04. The van der Waals surface area contributed by atoms with Crippen LogP contribution in [0.3, 0.4) is 0 Å². The summed E-state index contributed by atoms with van der Waals surface area (Å²) in [4.78, 5) is 9.82. The van der Waals surface area contributed by atoms with E-state index in [4.69, 9.17) is 9.72 Å². The Bertz CT molecular complexity index is 3210. The van der Waals surface area contributed by atoms with Gasteiger partial charge in [0, 0.05) is 52.1 Å². The lowest BCUT2D eigenvalue weighted by Crippen LogP contribution is -2.27. The summed E-state index contributed by atoms with van der Waals surface area (Å²) < 4.78 is 9.16. The van der Waals surface area contributed by atoms with Crippen LogP contribution in [0.2, 0.25) is 0 Å². The Hall–Kier alpha value is -7.37. The summed E-state index contributed by atoms with van der Waals surface area (Å²) in [5.41, 5.74) is 13.9. The van der Waals surface area contributed by atoms with Crippen LogP contribution in [0.4, 0.5) is 11.4 Å². The molecule has 0 saturated heterocycles. The summed E-state index contributed by atoms with van der Waals surface area (Å²) in [6, 6.07) is 65.2. The number of pyridine rings is 1. The molecule has 0 saturated carbocycles. The van der Waals surface area contributed by atoms with E-state index in [0.717, 1.165) is 56.1 Å². The number of nitrogens with zero attached hydrogens (tertiary/aromatic N) is 4. The van der Waals surface area contributed by atoms with Crippen molar-refractivity contribution in [1.29, 1.82) is 0 Å². The molecule has 10 rings (SSSR count). The van der Waals surface area contributed by atoms with Crippen LogP contribution in [0.5, 0.6) is 11.5 Å². The third-order valence-corrected chi connectivity index (χ3v) is 13.3. The van der Waals surface area contributed by atoms with Crippen molar-refractivity contribution in [2.45, 2.75) is 71.6 Å². The van der Waals surface area contributed by atoms with Crippen LogP contribution in [0.25, 0.3) is 44.4 Å². The highest BCUT2D eigenvalue weighted by Gasteiger charge is 2.29. The third kappa shape index (κ3) is 8.15. The van der Waals surface area contributed by atoms with E-state index in [1.807, 2.05) is 12.3 Å². The molecular formula is C61H58N4O. The van der Waals surface area contributed by atoms with E-state index in [-0.39, 0.29) is 16.2 Å². The van der Waals surface area contributed by atoms with Crippen LogP contribution in [0, 0.1) is 0 Å². The zero-order valence-corrected chi connectivity index (χ0v) is 39.4. The van der Waals surface area contributed by atoms with Crippen molar-refractivity contribution in [1.82, 2.24) is 9.55 Å². The standard InChI is InChI=1S/C61H58N4O/c1-59(2,3)47-34-48(60(4,5)6)36-50(35-47)63-40-57(43-21-14-10-15-22-43)64(41-63)49-25-18-26-51(38-49)66-52-28-29-53-54-33-44(42-19-12-9-13-20-42)27-30-55(54)65(56(53)39-52)58-37-46(31-32-62-58)61(7,8)45-23-16-11-17-24-45/h9-40H,41H2,1-8H3. The molecule has 5 nitrogen and oxygen atoms in total. The maximum absolute atomic E-state index is 6.87. The smallest absolute Gasteiger partial charge is 0.137 e. The molecule has 0 fully saturated rings. The highest BCUT2D eigenvalue weighted by atomic mass is 16.5. The molecule has 0 unspecified atom stereocenters. The third-order valence-electron chi connectivity index (χ3n) is 13.3. The van der Waals surface area contributed by atoms with Gasteiger partial charge in [0.25, 0.3) is 0 Å². The maximum atomic E-state index is 6.87. The maximum Gasteiger partial charge on any atom is 0.137 e. The van der Waals surface area contributed by atoms with Crippen LogP contribution >= 0.6 is 0 Å². The highest BCUT2D eigenvalue weighted by molar-refractivity contribution is 6.10. The van der Waals surface area contributed by atoms with Gasteiger partial charge in [0.2, 0.25) is 0 Å². The minimum absolute atomic E-state index is 0.00930. The van der Waals surface area contributed by atoms with Crippen molar-refractivity contribution in [2.24, 2.45) is 0 Å². The van der Waals surface area contributed by atoms with Gasteiger partial charge in [0.15, 0.2) is 0 Å². The molecular weight excluding hydrogens is 805 g/mol. The number of hydrogen-bond donors (Lipinski definition) is 0. The first-order chi connectivity index (χ1) is 31.7. The Morgan fingerprint density at radius 1 is 0.455 bits per heavy atom. The fourth-order valence-corrected chi connectivity index (χ4v) is 9.27. The SMILES string of the molecule is CC(C)(C)c1cc(N2C=C(c3ccccc3)N(c3cccc(Oc4ccc5c6cc(-c7ccccc7)ccc6n(-c6cc(C(C)(C)c7ccccc7)ccn6)c5c4)c3)C2)cc(C(C)(C)C)c1. The van der Waals surface area contributed by atoms with E-state index in [2.05, 4.69) is 252 Å². The lowest BCUT2D eigenvalue weighted by molar-refractivity contribution is 0.483. The van der Waals surface area contributed by atoms with E-state index >= 15 is 0 Å². The Labute approximate surface area is 390 Å². The molecule has 0 amide bonds. The van der Waals surface area contributed by atoms with Gasteiger partial charge in [-0.25, -0.2) is 4.98 Å². The fourth-order valence-electron chi connectivity index (χ4n) is 9.27. The number of rotatable bonds is 9. The summed E-state index contributed by atoms with van der Waals surface area (Å²) >= 11 is 0. The van der Waals surface area contributed by atoms with Gasteiger partial charge in [-0.3, -0.25) is 4.57 Å². The lowest BCUT2D eigenvalue weighted by Gasteiger charge is -2.29. The molecule has 0 bridgehead atoms. The quantitative estimate of drug-likeness (QED) is 0.145. The molecule has 66 heavy (non-hydrogen) atoms. The van der Waals surface area contributed by atoms with Gasteiger partial charge in [-0.15, -0.1) is 0 Å². The zero-order chi connectivity index (χ0) is 45.8. The monoisotopic (exact) mass is 862 g/mol. The number of fused-ring (bicyclic) bond motifs is 3. The average Bonchev–Trinajstić information content (AvgIpc) is 3.92. The number of benzene rings is 7. The Morgan fingerprint density at radius 3 is 1.79 bits per heavy atom. The van der Waals surface area contributed by atoms with Gasteiger partial charge in [0.1, 0.15) is 17.3 Å². The predicted octanol–water partition coefficient (Wildman–Crippen LogP) is 15.8. The first-order valence-electron chi connectivity index (χ1n) is 23.1. The van der Waals surface area contributed by atoms with E-state index < -0.39 is 0 Å².